The zero-order chi connectivity index (χ0) is 17.7. The molecule has 24 heavy (non-hydrogen) atoms. The van der Waals surface area contributed by atoms with Crippen LogP contribution < -0.4 is 9.64 Å². The van der Waals surface area contributed by atoms with E-state index in [0.717, 1.165) is 29.5 Å². The van der Waals surface area contributed by atoms with Gasteiger partial charge in [-0.1, -0.05) is 25.1 Å². The Morgan fingerprint density at radius 2 is 1.92 bits per heavy atom. The highest BCUT2D eigenvalue weighted by molar-refractivity contribution is 7.90. The molecular weight excluding hydrogens is 324 g/mol. The van der Waals surface area contributed by atoms with Crippen molar-refractivity contribution in [3.63, 3.8) is 0 Å². The van der Waals surface area contributed by atoms with Crippen LogP contribution in [0.5, 0.6) is 5.75 Å². The summed E-state index contributed by atoms with van der Waals surface area (Å²) < 4.78 is 28.7. The van der Waals surface area contributed by atoms with E-state index in [0.29, 0.717) is 6.54 Å². The van der Waals surface area contributed by atoms with E-state index in [1.165, 1.54) is 13.2 Å². The Labute approximate surface area is 143 Å². The number of methoxy groups -OCH3 is 1. The Kier molecular flexibility index (Phi) is 5.47. The molecule has 2 rings (SSSR count). The van der Waals surface area contributed by atoms with Gasteiger partial charge in [0.25, 0.3) is 0 Å². The smallest absolute Gasteiger partial charge is 0.184 e. The van der Waals surface area contributed by atoms with Crippen LogP contribution in [0, 0.1) is 11.5 Å². The van der Waals surface area contributed by atoms with E-state index in [-0.39, 0.29) is 10.6 Å². The first kappa shape index (κ1) is 17.8. The normalized spacial score (nSPS) is 10.9. The molecule has 0 spiro atoms. The van der Waals surface area contributed by atoms with Crippen molar-refractivity contribution in [1.82, 2.24) is 0 Å². The molecule has 0 saturated carbocycles. The van der Waals surface area contributed by atoms with Crippen LogP contribution in [0.3, 0.4) is 0 Å². The molecular formula is C18H20N2O3S. The molecule has 0 heterocycles. The summed E-state index contributed by atoms with van der Waals surface area (Å²) in [5, 5.41) is 9.46. The van der Waals surface area contributed by atoms with Gasteiger partial charge in [-0.15, -0.1) is 0 Å². The number of aryl methyl sites for hydroxylation is 1. The van der Waals surface area contributed by atoms with Crippen molar-refractivity contribution in [2.45, 2.75) is 24.8 Å². The van der Waals surface area contributed by atoms with E-state index in [9.17, 15) is 13.7 Å². The number of nitriles is 1. The first-order valence-corrected chi connectivity index (χ1v) is 9.41. The number of benzene rings is 2. The summed E-state index contributed by atoms with van der Waals surface area (Å²) in [6.45, 7) is 2.40. The van der Waals surface area contributed by atoms with Crippen LogP contribution in [-0.4, -0.2) is 21.8 Å². The molecule has 0 amide bonds. The third-order valence-corrected chi connectivity index (χ3v) is 4.86. The molecule has 0 fully saturated rings. The molecule has 5 nitrogen and oxygen atoms in total. The maximum Gasteiger partial charge on any atom is 0.184 e. The molecule has 0 radical (unpaired) electrons. The Hall–Kier alpha value is -2.52. The third-order valence-electron chi connectivity index (χ3n) is 3.72. The standard InChI is InChI=1S/C18H20N2O3S/c1-4-14-6-5-7-16(10-14)20(13-19)12-15-8-9-18(24(3,21)22)17(11-15)23-2/h5-11H,4,12H2,1-3H3. The monoisotopic (exact) mass is 344 g/mol. The highest BCUT2D eigenvalue weighted by Crippen LogP contribution is 2.26. The van der Waals surface area contributed by atoms with E-state index in [2.05, 4.69) is 13.1 Å². The predicted octanol–water partition coefficient (Wildman–Crippen LogP) is 3.15. The number of sulfone groups is 1. The summed E-state index contributed by atoms with van der Waals surface area (Å²) in [7, 11) is -1.93. The van der Waals surface area contributed by atoms with Crippen LogP contribution in [0.2, 0.25) is 0 Å². The van der Waals surface area contributed by atoms with Gasteiger partial charge in [0.1, 0.15) is 10.6 Å². The van der Waals surface area contributed by atoms with Crippen molar-refractivity contribution in [2.75, 3.05) is 18.3 Å². The molecule has 6 heteroatoms. The summed E-state index contributed by atoms with van der Waals surface area (Å²) >= 11 is 0. The van der Waals surface area contributed by atoms with Gasteiger partial charge in [-0.3, -0.25) is 4.90 Å². The lowest BCUT2D eigenvalue weighted by atomic mass is 10.1. The van der Waals surface area contributed by atoms with Crippen LogP contribution >= 0.6 is 0 Å². The Morgan fingerprint density at radius 1 is 1.17 bits per heavy atom. The molecule has 2 aromatic rings. The molecule has 0 aliphatic heterocycles. The average molecular weight is 344 g/mol. The van der Waals surface area contributed by atoms with Crippen molar-refractivity contribution < 1.29 is 13.2 Å². The quantitative estimate of drug-likeness (QED) is 0.595. The van der Waals surface area contributed by atoms with E-state index in [1.54, 1.807) is 17.0 Å². The second kappa shape index (κ2) is 7.37. The molecule has 0 atom stereocenters. The van der Waals surface area contributed by atoms with Gasteiger partial charge in [0, 0.05) is 6.26 Å². The van der Waals surface area contributed by atoms with Gasteiger partial charge >= 0.3 is 0 Å². The number of rotatable bonds is 6. The fourth-order valence-corrected chi connectivity index (χ4v) is 3.25. The summed E-state index contributed by atoms with van der Waals surface area (Å²) in [4.78, 5) is 1.71. The molecule has 0 unspecified atom stereocenters. The van der Waals surface area contributed by atoms with Gasteiger partial charge in [-0.05, 0) is 41.8 Å². The zero-order valence-corrected chi connectivity index (χ0v) is 14.8. The van der Waals surface area contributed by atoms with E-state index >= 15 is 0 Å². The zero-order valence-electron chi connectivity index (χ0n) is 14.0. The molecule has 0 aliphatic rings. The fourth-order valence-electron chi connectivity index (χ4n) is 2.43. The number of ether oxygens (including phenoxy) is 1. The molecule has 0 aliphatic carbocycles. The molecule has 0 bridgehead atoms. The topological polar surface area (TPSA) is 70.4 Å². The van der Waals surface area contributed by atoms with Crippen molar-refractivity contribution in [3.05, 3.63) is 53.6 Å². The van der Waals surface area contributed by atoms with Gasteiger partial charge in [0.2, 0.25) is 0 Å². The summed E-state index contributed by atoms with van der Waals surface area (Å²) in [6.07, 6.45) is 4.21. The number of anilines is 1. The Bertz CT molecular complexity index is 870. The molecule has 2 aromatic carbocycles. The minimum absolute atomic E-state index is 0.144. The molecule has 0 saturated heterocycles. The summed E-state index contributed by atoms with van der Waals surface area (Å²) in [5.41, 5.74) is 2.75. The van der Waals surface area contributed by atoms with Gasteiger partial charge in [-0.25, -0.2) is 8.42 Å². The first-order chi connectivity index (χ1) is 11.4. The van der Waals surface area contributed by atoms with E-state index < -0.39 is 9.84 Å². The second-order valence-corrected chi connectivity index (χ2v) is 7.45. The summed E-state index contributed by atoms with van der Waals surface area (Å²) in [5.74, 6) is 0.287. The molecule has 126 valence electrons. The summed E-state index contributed by atoms with van der Waals surface area (Å²) in [6, 6.07) is 12.7. The molecule has 0 N–H and O–H groups in total. The number of hydrogen-bond acceptors (Lipinski definition) is 5. The maximum atomic E-state index is 11.8. The van der Waals surface area contributed by atoms with E-state index in [4.69, 9.17) is 4.74 Å². The minimum Gasteiger partial charge on any atom is -0.495 e. The second-order valence-electron chi connectivity index (χ2n) is 5.47. The van der Waals surface area contributed by atoms with Crippen molar-refractivity contribution >= 4 is 15.5 Å². The Morgan fingerprint density at radius 3 is 2.50 bits per heavy atom. The fraction of sp³-hybridized carbons (Fsp3) is 0.278. The van der Waals surface area contributed by atoms with Gasteiger partial charge < -0.3 is 4.74 Å². The van der Waals surface area contributed by atoms with Crippen molar-refractivity contribution in [3.8, 4) is 11.9 Å². The van der Waals surface area contributed by atoms with E-state index in [1.807, 2.05) is 24.3 Å². The number of nitrogens with zero attached hydrogens (tertiary/aromatic N) is 2. The van der Waals surface area contributed by atoms with Crippen LogP contribution in [0.4, 0.5) is 5.69 Å². The van der Waals surface area contributed by atoms with Crippen LogP contribution in [0.25, 0.3) is 0 Å². The van der Waals surface area contributed by atoms with Crippen molar-refractivity contribution in [2.24, 2.45) is 0 Å². The predicted molar refractivity (Wildman–Crippen MR) is 93.7 cm³/mol. The average Bonchev–Trinajstić information content (AvgIpc) is 2.58. The maximum absolute atomic E-state index is 11.8. The van der Waals surface area contributed by atoms with Crippen molar-refractivity contribution in [1.29, 1.82) is 5.26 Å². The molecule has 0 aromatic heterocycles. The lowest BCUT2D eigenvalue weighted by Crippen LogP contribution is -2.16. The van der Waals surface area contributed by atoms with Gasteiger partial charge in [0.15, 0.2) is 16.0 Å². The first-order valence-electron chi connectivity index (χ1n) is 7.52. The van der Waals surface area contributed by atoms with Gasteiger partial charge in [-0.2, -0.15) is 5.26 Å². The van der Waals surface area contributed by atoms with Crippen LogP contribution in [0.1, 0.15) is 18.1 Å². The van der Waals surface area contributed by atoms with Crippen LogP contribution in [0.15, 0.2) is 47.4 Å². The minimum atomic E-state index is -3.36. The Balaban J connectivity index is 2.33. The lowest BCUT2D eigenvalue weighted by Gasteiger charge is -2.17. The van der Waals surface area contributed by atoms with Gasteiger partial charge in [0.05, 0.1) is 19.3 Å². The third kappa shape index (κ3) is 4.06. The SMILES string of the molecule is CCc1cccc(N(C#N)Cc2ccc(S(C)(=O)=O)c(OC)c2)c1. The highest BCUT2D eigenvalue weighted by Gasteiger charge is 2.16. The lowest BCUT2D eigenvalue weighted by molar-refractivity contribution is 0.402. The highest BCUT2D eigenvalue weighted by atomic mass is 32.2. The van der Waals surface area contributed by atoms with Crippen LogP contribution in [-0.2, 0) is 22.8 Å². The largest absolute Gasteiger partial charge is 0.495 e. The number of hydrogen-bond donors (Lipinski definition) is 0.